The molecule has 0 saturated carbocycles. The number of nitrogens with one attached hydrogen (secondary N) is 1. The zero-order chi connectivity index (χ0) is 15.0. The van der Waals surface area contributed by atoms with Gasteiger partial charge in [-0.05, 0) is 25.0 Å². The predicted molar refractivity (Wildman–Crippen MR) is 77.5 cm³/mol. The third-order valence-electron chi connectivity index (χ3n) is 3.84. The van der Waals surface area contributed by atoms with Gasteiger partial charge in [-0.25, -0.2) is 9.59 Å². The molecule has 0 aromatic heterocycles. The summed E-state index contributed by atoms with van der Waals surface area (Å²) in [6.45, 7) is 2.47. The Morgan fingerprint density at radius 1 is 1.33 bits per heavy atom. The van der Waals surface area contributed by atoms with E-state index in [-0.39, 0.29) is 11.6 Å². The molecule has 5 nitrogen and oxygen atoms in total. The van der Waals surface area contributed by atoms with Gasteiger partial charge < -0.3 is 10.4 Å². The van der Waals surface area contributed by atoms with E-state index in [0.29, 0.717) is 12.2 Å². The lowest BCUT2D eigenvalue weighted by molar-refractivity contribution is -0.133. The van der Waals surface area contributed by atoms with E-state index >= 15 is 0 Å². The Bertz CT molecular complexity index is 661. The number of benzene rings is 1. The maximum atomic E-state index is 12.2. The van der Waals surface area contributed by atoms with Crippen molar-refractivity contribution in [2.24, 2.45) is 0 Å². The van der Waals surface area contributed by atoms with Crippen LogP contribution in [0.2, 0.25) is 0 Å². The number of carboxylic acid groups (broad SMARTS) is 1. The van der Waals surface area contributed by atoms with Crippen LogP contribution < -0.4 is 5.32 Å². The molecule has 2 aliphatic heterocycles. The van der Waals surface area contributed by atoms with Crippen LogP contribution >= 0.6 is 0 Å². The summed E-state index contributed by atoms with van der Waals surface area (Å²) in [6, 6.07) is 8.31. The molecule has 1 atom stereocenters. The van der Waals surface area contributed by atoms with Crippen LogP contribution in [0.1, 0.15) is 24.9 Å². The monoisotopic (exact) mass is 284 g/mol. The Labute approximate surface area is 122 Å². The first-order valence-electron chi connectivity index (χ1n) is 6.85. The molecule has 5 heteroatoms. The number of amides is 2. The first-order valence-corrected chi connectivity index (χ1v) is 6.85. The third kappa shape index (κ3) is 2.31. The molecule has 108 valence electrons. The highest BCUT2D eigenvalue weighted by Gasteiger charge is 2.37. The first-order chi connectivity index (χ1) is 10.1. The van der Waals surface area contributed by atoms with Crippen molar-refractivity contribution in [1.29, 1.82) is 0 Å². The number of hydrogen-bond acceptors (Lipinski definition) is 2. The van der Waals surface area contributed by atoms with Crippen molar-refractivity contribution in [1.82, 2.24) is 10.2 Å². The summed E-state index contributed by atoms with van der Waals surface area (Å²) in [7, 11) is 0. The van der Waals surface area contributed by atoms with Crippen molar-refractivity contribution >= 4 is 12.0 Å². The van der Waals surface area contributed by atoms with Crippen LogP contribution in [0.25, 0.3) is 0 Å². The molecule has 2 amide bonds. The summed E-state index contributed by atoms with van der Waals surface area (Å²) in [5.41, 5.74) is 2.58. The smallest absolute Gasteiger partial charge is 0.336 e. The minimum Gasteiger partial charge on any atom is -0.478 e. The highest BCUT2D eigenvalue weighted by Crippen LogP contribution is 2.34. The number of carbonyl (C=O) groups excluding carboxylic acids is 1. The number of nitrogens with zero attached hydrogens (tertiary/aromatic N) is 1. The summed E-state index contributed by atoms with van der Waals surface area (Å²) in [5.74, 6) is -1.00. The molecular formula is C16H16N2O3. The fourth-order valence-corrected chi connectivity index (χ4v) is 2.78. The molecule has 0 fully saturated rings. The molecule has 1 unspecified atom stereocenters. The second-order valence-electron chi connectivity index (χ2n) is 5.29. The van der Waals surface area contributed by atoms with Gasteiger partial charge >= 0.3 is 12.0 Å². The normalized spacial score (nSPS) is 21.6. The van der Waals surface area contributed by atoms with Gasteiger partial charge in [0.25, 0.3) is 0 Å². The van der Waals surface area contributed by atoms with E-state index in [1.807, 2.05) is 43.3 Å². The highest BCUT2D eigenvalue weighted by atomic mass is 16.4. The Hall–Kier alpha value is -2.56. The number of rotatable bonds is 2. The largest absolute Gasteiger partial charge is 0.478 e. The van der Waals surface area contributed by atoms with Gasteiger partial charge in [0.1, 0.15) is 0 Å². The fourth-order valence-electron chi connectivity index (χ4n) is 2.78. The van der Waals surface area contributed by atoms with Gasteiger partial charge in [0, 0.05) is 6.54 Å². The highest BCUT2D eigenvalue weighted by molar-refractivity contribution is 5.94. The molecule has 2 N–H and O–H groups in total. The summed E-state index contributed by atoms with van der Waals surface area (Å²) in [5, 5.41) is 12.4. The van der Waals surface area contributed by atoms with Crippen LogP contribution in [0.3, 0.4) is 0 Å². The lowest BCUT2D eigenvalue weighted by Gasteiger charge is -2.37. The van der Waals surface area contributed by atoms with Gasteiger partial charge in [-0.3, -0.25) is 4.90 Å². The van der Waals surface area contributed by atoms with Crippen molar-refractivity contribution in [3.05, 3.63) is 58.8 Å². The standard InChI is InChI=1S/C16H16N2O3/c1-10-7-8-18-12(9-10)13(15(19)20)14(17-16(18)21)11-5-3-2-4-6-11/h2-6,9,14H,7-8H2,1H3,(H,17,21)(H,19,20). The van der Waals surface area contributed by atoms with Gasteiger partial charge in [-0.15, -0.1) is 0 Å². The lowest BCUT2D eigenvalue weighted by Crippen LogP contribution is -2.49. The predicted octanol–water partition coefficient (Wildman–Crippen LogP) is 2.44. The SMILES string of the molecule is CC1=CC2=C(C(=O)O)C(c3ccccc3)NC(=O)N2CC1. The molecule has 0 bridgehead atoms. The van der Waals surface area contributed by atoms with Crippen molar-refractivity contribution in [3.8, 4) is 0 Å². The van der Waals surface area contributed by atoms with E-state index in [1.165, 1.54) is 4.90 Å². The molecule has 2 heterocycles. The van der Waals surface area contributed by atoms with Gasteiger partial charge in [0.2, 0.25) is 0 Å². The summed E-state index contributed by atoms with van der Waals surface area (Å²) >= 11 is 0. The number of allylic oxidation sites excluding steroid dienone is 1. The molecular weight excluding hydrogens is 268 g/mol. The molecule has 21 heavy (non-hydrogen) atoms. The number of carbonyl (C=O) groups is 2. The average Bonchev–Trinajstić information content (AvgIpc) is 2.47. The number of urea groups is 1. The van der Waals surface area contributed by atoms with Gasteiger partial charge in [0.15, 0.2) is 0 Å². The van der Waals surface area contributed by atoms with E-state index in [1.54, 1.807) is 0 Å². The Morgan fingerprint density at radius 2 is 2.05 bits per heavy atom. The summed E-state index contributed by atoms with van der Waals surface area (Å²) in [6.07, 6.45) is 2.57. The molecule has 3 rings (SSSR count). The Balaban J connectivity index is 2.17. The Morgan fingerprint density at radius 3 is 2.71 bits per heavy atom. The minimum atomic E-state index is -1.00. The Kier molecular flexibility index (Phi) is 3.25. The lowest BCUT2D eigenvalue weighted by atomic mass is 9.92. The van der Waals surface area contributed by atoms with E-state index in [4.69, 9.17) is 0 Å². The molecule has 1 aromatic rings. The number of fused-ring (bicyclic) bond motifs is 1. The van der Waals surface area contributed by atoms with Crippen LogP contribution in [0, 0.1) is 0 Å². The second kappa shape index (κ2) is 5.09. The van der Waals surface area contributed by atoms with E-state index in [0.717, 1.165) is 17.6 Å². The molecule has 0 saturated heterocycles. The van der Waals surface area contributed by atoms with Crippen LogP contribution in [-0.2, 0) is 4.79 Å². The molecule has 0 spiro atoms. The molecule has 1 aromatic carbocycles. The zero-order valence-electron chi connectivity index (χ0n) is 11.7. The van der Waals surface area contributed by atoms with Crippen molar-refractivity contribution in [3.63, 3.8) is 0 Å². The van der Waals surface area contributed by atoms with E-state index < -0.39 is 12.0 Å². The quantitative estimate of drug-likeness (QED) is 0.876. The van der Waals surface area contributed by atoms with Gasteiger partial charge in [-0.2, -0.15) is 0 Å². The van der Waals surface area contributed by atoms with Crippen molar-refractivity contribution in [2.45, 2.75) is 19.4 Å². The zero-order valence-corrected chi connectivity index (χ0v) is 11.7. The third-order valence-corrected chi connectivity index (χ3v) is 3.84. The van der Waals surface area contributed by atoms with Crippen LogP contribution in [0.4, 0.5) is 4.79 Å². The van der Waals surface area contributed by atoms with Crippen LogP contribution in [-0.4, -0.2) is 28.6 Å². The van der Waals surface area contributed by atoms with Crippen LogP contribution in [0.5, 0.6) is 0 Å². The summed E-state index contributed by atoms with van der Waals surface area (Å²) in [4.78, 5) is 25.5. The molecule has 0 aliphatic carbocycles. The maximum Gasteiger partial charge on any atom is 0.336 e. The van der Waals surface area contributed by atoms with Gasteiger partial charge in [0.05, 0.1) is 17.3 Å². The minimum absolute atomic E-state index is 0.222. The van der Waals surface area contributed by atoms with Crippen molar-refractivity contribution in [2.75, 3.05) is 6.54 Å². The maximum absolute atomic E-state index is 12.2. The van der Waals surface area contributed by atoms with Crippen LogP contribution in [0.15, 0.2) is 53.3 Å². The number of carboxylic acids is 1. The number of aliphatic carboxylic acids is 1. The van der Waals surface area contributed by atoms with E-state index in [9.17, 15) is 14.7 Å². The topological polar surface area (TPSA) is 69.6 Å². The van der Waals surface area contributed by atoms with E-state index in [2.05, 4.69) is 5.32 Å². The van der Waals surface area contributed by atoms with Gasteiger partial charge in [-0.1, -0.05) is 35.9 Å². The number of hydrogen-bond donors (Lipinski definition) is 2. The average molecular weight is 284 g/mol. The summed E-state index contributed by atoms with van der Waals surface area (Å²) < 4.78 is 0. The second-order valence-corrected chi connectivity index (χ2v) is 5.29. The first kappa shape index (κ1) is 13.4. The fraction of sp³-hybridized carbons (Fsp3) is 0.250. The van der Waals surface area contributed by atoms with Crippen molar-refractivity contribution < 1.29 is 14.7 Å². The molecule has 0 radical (unpaired) electrons. The molecule has 2 aliphatic rings.